The molecule has 2 aliphatic rings. The van der Waals surface area contributed by atoms with E-state index in [9.17, 15) is 19.2 Å². The number of hydrogen-bond acceptors (Lipinski definition) is 6. The number of fused-ring (bicyclic) bond motifs is 1. The Bertz CT molecular complexity index is 1020. The van der Waals surface area contributed by atoms with E-state index in [-0.39, 0.29) is 36.9 Å². The SMILES string of the molecule is Cc1cc(C(=O)Nc2cccc3c2CN(C2CCC(=O)NC2=O)C3=O)ncn1. The summed E-state index contributed by atoms with van der Waals surface area (Å²) in [5, 5.41) is 5.06. The van der Waals surface area contributed by atoms with Gasteiger partial charge in [-0.25, -0.2) is 9.97 Å². The molecule has 0 bridgehead atoms. The average Bonchev–Trinajstić information content (AvgIpc) is 2.99. The van der Waals surface area contributed by atoms with E-state index in [1.165, 1.54) is 11.2 Å². The molecule has 3 heterocycles. The van der Waals surface area contributed by atoms with Gasteiger partial charge < -0.3 is 10.2 Å². The molecule has 4 amide bonds. The van der Waals surface area contributed by atoms with Gasteiger partial charge in [-0.05, 0) is 31.5 Å². The van der Waals surface area contributed by atoms with E-state index < -0.39 is 17.9 Å². The van der Waals surface area contributed by atoms with Gasteiger partial charge in [0.25, 0.3) is 11.8 Å². The Morgan fingerprint density at radius 1 is 1.25 bits per heavy atom. The molecular formula is C19H17N5O4. The number of amides is 4. The van der Waals surface area contributed by atoms with Crippen LogP contribution >= 0.6 is 0 Å². The van der Waals surface area contributed by atoms with Gasteiger partial charge in [-0.15, -0.1) is 0 Å². The molecule has 2 aromatic rings. The Kier molecular flexibility index (Phi) is 4.34. The number of aryl methyl sites for hydroxylation is 1. The molecule has 1 saturated heterocycles. The standard InChI is InChI=1S/C19H17N5O4/c1-10-7-14(21-9-20-10)17(26)22-13-4-2-3-11-12(13)8-24(19(11)28)15-5-6-16(25)23-18(15)27/h2-4,7,9,15H,5-6,8H2,1H3,(H,22,26)(H,23,25,27). The van der Waals surface area contributed by atoms with Crippen LogP contribution in [0.5, 0.6) is 0 Å². The van der Waals surface area contributed by atoms with Gasteiger partial charge in [0.05, 0.1) is 0 Å². The van der Waals surface area contributed by atoms with Gasteiger partial charge in [0.15, 0.2) is 0 Å². The molecule has 1 atom stereocenters. The largest absolute Gasteiger partial charge is 0.322 e. The van der Waals surface area contributed by atoms with E-state index in [1.807, 2.05) is 0 Å². The molecule has 0 spiro atoms. The van der Waals surface area contributed by atoms with Crippen molar-refractivity contribution in [3.8, 4) is 0 Å². The van der Waals surface area contributed by atoms with Crippen LogP contribution in [0.3, 0.4) is 0 Å². The first-order valence-electron chi connectivity index (χ1n) is 8.80. The molecule has 2 N–H and O–H groups in total. The summed E-state index contributed by atoms with van der Waals surface area (Å²) in [6, 6.07) is 5.90. The van der Waals surface area contributed by atoms with Crippen molar-refractivity contribution in [1.29, 1.82) is 0 Å². The minimum atomic E-state index is -0.703. The van der Waals surface area contributed by atoms with E-state index in [1.54, 1.807) is 31.2 Å². The Morgan fingerprint density at radius 3 is 2.82 bits per heavy atom. The summed E-state index contributed by atoms with van der Waals surface area (Å²) in [5.41, 5.74) is 2.44. The lowest BCUT2D eigenvalue weighted by atomic mass is 10.0. The second-order valence-corrected chi connectivity index (χ2v) is 6.73. The maximum absolute atomic E-state index is 12.8. The van der Waals surface area contributed by atoms with Crippen molar-refractivity contribution in [3.63, 3.8) is 0 Å². The first-order valence-corrected chi connectivity index (χ1v) is 8.80. The number of nitrogens with one attached hydrogen (secondary N) is 2. The fraction of sp³-hybridized carbons (Fsp3) is 0.263. The van der Waals surface area contributed by atoms with Crippen molar-refractivity contribution < 1.29 is 19.2 Å². The number of imide groups is 1. The van der Waals surface area contributed by atoms with Gasteiger partial charge in [-0.3, -0.25) is 24.5 Å². The molecule has 9 heteroatoms. The smallest absolute Gasteiger partial charge is 0.274 e. The molecule has 1 unspecified atom stereocenters. The third-order valence-electron chi connectivity index (χ3n) is 4.87. The number of carbonyl (C=O) groups excluding carboxylic acids is 4. The fourth-order valence-electron chi connectivity index (χ4n) is 3.47. The molecule has 1 aromatic carbocycles. The van der Waals surface area contributed by atoms with Crippen LogP contribution in [0.25, 0.3) is 0 Å². The van der Waals surface area contributed by atoms with Crippen LogP contribution in [0.15, 0.2) is 30.6 Å². The summed E-state index contributed by atoms with van der Waals surface area (Å²) in [6.45, 7) is 1.94. The predicted octanol–water partition coefficient (Wildman–Crippen LogP) is 0.798. The normalized spacial score (nSPS) is 18.7. The van der Waals surface area contributed by atoms with Crippen molar-refractivity contribution in [2.24, 2.45) is 0 Å². The second-order valence-electron chi connectivity index (χ2n) is 6.73. The molecule has 1 aromatic heterocycles. The van der Waals surface area contributed by atoms with Crippen molar-refractivity contribution >= 4 is 29.3 Å². The lowest BCUT2D eigenvalue weighted by Gasteiger charge is -2.29. The van der Waals surface area contributed by atoms with E-state index in [0.29, 0.717) is 22.5 Å². The van der Waals surface area contributed by atoms with Crippen LogP contribution in [-0.2, 0) is 16.1 Å². The van der Waals surface area contributed by atoms with Crippen LogP contribution in [0.2, 0.25) is 0 Å². The van der Waals surface area contributed by atoms with Gasteiger partial charge in [0.2, 0.25) is 11.8 Å². The van der Waals surface area contributed by atoms with Crippen LogP contribution in [0.1, 0.15) is 44.9 Å². The molecule has 142 valence electrons. The number of piperidine rings is 1. The molecule has 9 nitrogen and oxygen atoms in total. The van der Waals surface area contributed by atoms with Gasteiger partial charge in [-0.1, -0.05) is 6.07 Å². The summed E-state index contributed by atoms with van der Waals surface area (Å²) in [4.78, 5) is 58.2. The monoisotopic (exact) mass is 379 g/mol. The second kappa shape index (κ2) is 6.84. The summed E-state index contributed by atoms with van der Waals surface area (Å²) in [5.74, 6) is -1.51. The molecule has 0 radical (unpaired) electrons. The maximum atomic E-state index is 12.8. The molecule has 0 aliphatic carbocycles. The summed E-state index contributed by atoms with van der Waals surface area (Å²) in [7, 11) is 0. The summed E-state index contributed by atoms with van der Waals surface area (Å²) < 4.78 is 0. The first-order chi connectivity index (χ1) is 13.4. The number of nitrogens with zero attached hydrogens (tertiary/aromatic N) is 3. The zero-order valence-corrected chi connectivity index (χ0v) is 15.1. The van der Waals surface area contributed by atoms with Crippen LogP contribution in [0, 0.1) is 6.92 Å². The Hall–Kier alpha value is -3.62. The van der Waals surface area contributed by atoms with Crippen LogP contribution in [0.4, 0.5) is 5.69 Å². The van der Waals surface area contributed by atoms with Crippen molar-refractivity contribution in [2.45, 2.75) is 32.4 Å². The van der Waals surface area contributed by atoms with E-state index >= 15 is 0 Å². The molecule has 2 aliphatic heterocycles. The first kappa shape index (κ1) is 17.8. The highest BCUT2D eigenvalue weighted by molar-refractivity contribution is 6.08. The van der Waals surface area contributed by atoms with E-state index in [2.05, 4.69) is 20.6 Å². The number of hydrogen-bond donors (Lipinski definition) is 2. The zero-order valence-electron chi connectivity index (χ0n) is 15.1. The molecule has 1 fully saturated rings. The highest BCUT2D eigenvalue weighted by Crippen LogP contribution is 2.32. The Labute approximate surface area is 160 Å². The highest BCUT2D eigenvalue weighted by atomic mass is 16.2. The molecule has 0 saturated carbocycles. The number of carbonyl (C=O) groups is 4. The number of rotatable bonds is 3. The van der Waals surface area contributed by atoms with E-state index in [4.69, 9.17) is 0 Å². The van der Waals surface area contributed by atoms with Gasteiger partial charge in [-0.2, -0.15) is 0 Å². The molecular weight excluding hydrogens is 362 g/mol. The zero-order chi connectivity index (χ0) is 19.8. The van der Waals surface area contributed by atoms with Crippen molar-refractivity contribution in [3.05, 3.63) is 53.1 Å². The third kappa shape index (κ3) is 3.11. The highest BCUT2D eigenvalue weighted by Gasteiger charge is 2.39. The van der Waals surface area contributed by atoms with Crippen molar-refractivity contribution in [2.75, 3.05) is 5.32 Å². The topological polar surface area (TPSA) is 121 Å². The fourth-order valence-corrected chi connectivity index (χ4v) is 3.47. The third-order valence-corrected chi connectivity index (χ3v) is 4.87. The number of benzene rings is 1. The van der Waals surface area contributed by atoms with Gasteiger partial charge in [0.1, 0.15) is 18.1 Å². The lowest BCUT2D eigenvalue weighted by Crippen LogP contribution is -2.52. The van der Waals surface area contributed by atoms with Gasteiger partial charge >= 0.3 is 0 Å². The predicted molar refractivity (Wildman–Crippen MR) is 97.2 cm³/mol. The Morgan fingerprint density at radius 2 is 2.07 bits per heavy atom. The average molecular weight is 379 g/mol. The maximum Gasteiger partial charge on any atom is 0.274 e. The van der Waals surface area contributed by atoms with Crippen molar-refractivity contribution in [1.82, 2.24) is 20.2 Å². The lowest BCUT2D eigenvalue weighted by molar-refractivity contribution is -0.136. The number of anilines is 1. The minimum Gasteiger partial charge on any atom is -0.322 e. The Balaban J connectivity index is 1.58. The minimum absolute atomic E-state index is 0.180. The van der Waals surface area contributed by atoms with E-state index in [0.717, 1.165) is 0 Å². The molecule has 4 rings (SSSR count). The van der Waals surface area contributed by atoms with Gasteiger partial charge in [0, 0.05) is 35.5 Å². The number of aromatic nitrogens is 2. The van der Waals surface area contributed by atoms with Crippen LogP contribution in [-0.4, -0.2) is 44.5 Å². The van der Waals surface area contributed by atoms with Crippen LogP contribution < -0.4 is 10.6 Å². The molecule has 28 heavy (non-hydrogen) atoms. The quantitative estimate of drug-likeness (QED) is 0.761. The summed E-state index contributed by atoms with van der Waals surface area (Å²) in [6.07, 6.45) is 1.79. The summed E-state index contributed by atoms with van der Waals surface area (Å²) >= 11 is 0.